The molecule has 18 heavy (non-hydrogen) atoms. The van der Waals surface area contributed by atoms with Crippen LogP contribution in [-0.4, -0.2) is 26.0 Å². The van der Waals surface area contributed by atoms with Gasteiger partial charge in [0.25, 0.3) is 0 Å². The zero-order valence-corrected chi connectivity index (χ0v) is 11.2. The standard InChI is InChI=1S/C11H14ClFN2O2S/c12-8-5-11(10(14)6-9(8)13)15-7-1-3-18(16,17)4-2-7/h5-7,15H,1-4,14H2. The van der Waals surface area contributed by atoms with Crippen molar-refractivity contribution in [2.45, 2.75) is 18.9 Å². The molecule has 4 nitrogen and oxygen atoms in total. The molecule has 2 rings (SSSR count). The van der Waals surface area contributed by atoms with Crippen molar-refractivity contribution in [3.8, 4) is 0 Å². The third kappa shape index (κ3) is 3.05. The highest BCUT2D eigenvalue weighted by Gasteiger charge is 2.24. The molecule has 100 valence electrons. The summed E-state index contributed by atoms with van der Waals surface area (Å²) in [4.78, 5) is 0. The smallest absolute Gasteiger partial charge is 0.150 e. The Kier molecular flexibility index (Phi) is 3.68. The van der Waals surface area contributed by atoms with Gasteiger partial charge in [0, 0.05) is 12.1 Å². The second-order valence-corrected chi connectivity index (χ2v) is 7.13. The molecule has 1 aliphatic rings. The number of hydrogen-bond acceptors (Lipinski definition) is 4. The van der Waals surface area contributed by atoms with Crippen LogP contribution < -0.4 is 11.1 Å². The number of benzene rings is 1. The minimum atomic E-state index is -2.89. The third-order valence-electron chi connectivity index (χ3n) is 3.01. The Balaban J connectivity index is 2.09. The molecule has 0 bridgehead atoms. The number of sulfone groups is 1. The van der Waals surface area contributed by atoms with Crippen LogP contribution >= 0.6 is 11.6 Å². The molecule has 1 aliphatic heterocycles. The van der Waals surface area contributed by atoms with Gasteiger partial charge in [-0.25, -0.2) is 12.8 Å². The molecule has 0 saturated carbocycles. The van der Waals surface area contributed by atoms with Crippen LogP contribution in [0.5, 0.6) is 0 Å². The minimum absolute atomic E-state index is 0.00451. The van der Waals surface area contributed by atoms with E-state index in [4.69, 9.17) is 17.3 Å². The highest BCUT2D eigenvalue weighted by atomic mass is 35.5. The lowest BCUT2D eigenvalue weighted by Crippen LogP contribution is -2.32. The first-order valence-corrected chi connectivity index (χ1v) is 7.79. The predicted octanol–water partition coefficient (Wildman–Crippen LogP) is 2.05. The van der Waals surface area contributed by atoms with E-state index in [-0.39, 0.29) is 28.3 Å². The Bertz CT molecular complexity index is 548. The fourth-order valence-corrected chi connectivity index (χ4v) is 3.60. The molecular formula is C11H14ClFN2O2S. The van der Waals surface area contributed by atoms with Crippen LogP contribution in [-0.2, 0) is 9.84 Å². The number of nitrogen functional groups attached to an aromatic ring is 1. The molecule has 0 unspecified atom stereocenters. The molecule has 1 heterocycles. The van der Waals surface area contributed by atoms with Crippen molar-refractivity contribution in [1.82, 2.24) is 0 Å². The zero-order valence-electron chi connectivity index (χ0n) is 9.62. The van der Waals surface area contributed by atoms with Crippen LogP contribution in [0.1, 0.15) is 12.8 Å². The summed E-state index contributed by atoms with van der Waals surface area (Å²) in [6, 6.07) is 2.61. The summed E-state index contributed by atoms with van der Waals surface area (Å²) in [5, 5.41) is 3.11. The van der Waals surface area contributed by atoms with Crippen LogP contribution in [0, 0.1) is 5.82 Å². The summed E-state index contributed by atoms with van der Waals surface area (Å²) < 4.78 is 35.7. The van der Waals surface area contributed by atoms with E-state index < -0.39 is 15.7 Å². The van der Waals surface area contributed by atoms with Crippen molar-refractivity contribution in [2.24, 2.45) is 0 Å². The van der Waals surface area contributed by atoms with Gasteiger partial charge in [0.1, 0.15) is 15.7 Å². The number of halogens is 2. The van der Waals surface area contributed by atoms with Gasteiger partial charge in [-0.05, 0) is 18.9 Å². The van der Waals surface area contributed by atoms with E-state index in [1.54, 1.807) is 0 Å². The average molecular weight is 293 g/mol. The van der Waals surface area contributed by atoms with Gasteiger partial charge >= 0.3 is 0 Å². The lowest BCUT2D eigenvalue weighted by atomic mass is 10.1. The maximum atomic E-state index is 13.1. The monoisotopic (exact) mass is 292 g/mol. The maximum Gasteiger partial charge on any atom is 0.150 e. The highest BCUT2D eigenvalue weighted by Crippen LogP contribution is 2.28. The van der Waals surface area contributed by atoms with Crippen LogP contribution in [0.4, 0.5) is 15.8 Å². The summed E-state index contributed by atoms with van der Waals surface area (Å²) in [6.45, 7) is 0. The molecule has 1 aromatic rings. The molecule has 7 heteroatoms. The number of anilines is 2. The van der Waals surface area contributed by atoms with Gasteiger partial charge in [-0.3, -0.25) is 0 Å². The molecule has 0 amide bonds. The van der Waals surface area contributed by atoms with Gasteiger partial charge in [0.15, 0.2) is 0 Å². The molecule has 0 aromatic heterocycles. The minimum Gasteiger partial charge on any atom is -0.397 e. The van der Waals surface area contributed by atoms with Crippen molar-refractivity contribution in [1.29, 1.82) is 0 Å². The Morgan fingerprint density at radius 1 is 1.33 bits per heavy atom. The van der Waals surface area contributed by atoms with Crippen molar-refractivity contribution in [3.05, 3.63) is 23.0 Å². The topological polar surface area (TPSA) is 72.2 Å². The van der Waals surface area contributed by atoms with Crippen molar-refractivity contribution >= 4 is 32.8 Å². The Morgan fingerprint density at radius 2 is 1.94 bits per heavy atom. The van der Waals surface area contributed by atoms with E-state index >= 15 is 0 Å². The van der Waals surface area contributed by atoms with E-state index in [9.17, 15) is 12.8 Å². The molecular weight excluding hydrogens is 279 g/mol. The number of rotatable bonds is 2. The van der Waals surface area contributed by atoms with Crippen LogP contribution in [0.3, 0.4) is 0 Å². The third-order valence-corrected chi connectivity index (χ3v) is 5.01. The van der Waals surface area contributed by atoms with Gasteiger partial charge in [0.2, 0.25) is 0 Å². The SMILES string of the molecule is Nc1cc(F)c(Cl)cc1NC1CCS(=O)(=O)CC1. The fourth-order valence-electron chi connectivity index (χ4n) is 1.94. The summed E-state index contributed by atoms with van der Waals surface area (Å²) in [7, 11) is -2.89. The van der Waals surface area contributed by atoms with E-state index in [1.807, 2.05) is 0 Å². The average Bonchev–Trinajstić information content (AvgIpc) is 2.28. The first-order chi connectivity index (χ1) is 8.37. The van der Waals surface area contributed by atoms with Gasteiger partial charge in [0.05, 0.1) is 27.9 Å². The Labute approximate surface area is 110 Å². The molecule has 1 aromatic carbocycles. The first-order valence-electron chi connectivity index (χ1n) is 5.59. The molecule has 3 N–H and O–H groups in total. The lowest BCUT2D eigenvalue weighted by Gasteiger charge is -2.24. The van der Waals surface area contributed by atoms with E-state index in [0.29, 0.717) is 18.5 Å². The summed E-state index contributed by atoms with van der Waals surface area (Å²) in [5.74, 6) is -0.232. The number of hydrogen-bond donors (Lipinski definition) is 2. The van der Waals surface area contributed by atoms with Gasteiger partial charge < -0.3 is 11.1 Å². The van der Waals surface area contributed by atoms with Crippen LogP contribution in [0.15, 0.2) is 12.1 Å². The molecule has 0 atom stereocenters. The first kappa shape index (κ1) is 13.4. The van der Waals surface area contributed by atoms with Gasteiger partial charge in [-0.1, -0.05) is 11.6 Å². The van der Waals surface area contributed by atoms with Gasteiger partial charge in [-0.15, -0.1) is 0 Å². The van der Waals surface area contributed by atoms with E-state index in [0.717, 1.165) is 6.07 Å². The number of nitrogens with one attached hydrogen (secondary N) is 1. The van der Waals surface area contributed by atoms with E-state index in [1.165, 1.54) is 6.07 Å². The van der Waals surface area contributed by atoms with E-state index in [2.05, 4.69) is 5.32 Å². The quantitative estimate of drug-likeness (QED) is 0.818. The fraction of sp³-hybridized carbons (Fsp3) is 0.455. The zero-order chi connectivity index (χ0) is 13.3. The molecule has 0 radical (unpaired) electrons. The largest absolute Gasteiger partial charge is 0.397 e. The number of nitrogens with two attached hydrogens (primary N) is 1. The predicted molar refractivity (Wildman–Crippen MR) is 71.1 cm³/mol. The molecule has 1 saturated heterocycles. The second kappa shape index (κ2) is 4.93. The van der Waals surface area contributed by atoms with Crippen molar-refractivity contribution in [3.63, 3.8) is 0 Å². The normalized spacial score (nSPS) is 19.7. The summed E-state index contributed by atoms with van der Waals surface area (Å²) in [5.41, 5.74) is 6.50. The highest BCUT2D eigenvalue weighted by molar-refractivity contribution is 7.91. The maximum absolute atomic E-state index is 13.1. The van der Waals surface area contributed by atoms with Crippen molar-refractivity contribution in [2.75, 3.05) is 22.6 Å². The Hall–Kier alpha value is -1.01. The van der Waals surface area contributed by atoms with Crippen molar-refractivity contribution < 1.29 is 12.8 Å². The van der Waals surface area contributed by atoms with Gasteiger partial charge in [-0.2, -0.15) is 0 Å². The van der Waals surface area contributed by atoms with Crippen LogP contribution in [0.2, 0.25) is 5.02 Å². The molecule has 0 aliphatic carbocycles. The second-order valence-electron chi connectivity index (χ2n) is 4.42. The summed E-state index contributed by atoms with van der Waals surface area (Å²) in [6.07, 6.45) is 1.05. The molecule has 0 spiro atoms. The molecule has 1 fully saturated rings. The Morgan fingerprint density at radius 3 is 2.56 bits per heavy atom. The summed E-state index contributed by atoms with van der Waals surface area (Å²) >= 11 is 5.68. The van der Waals surface area contributed by atoms with Crippen LogP contribution in [0.25, 0.3) is 0 Å². The lowest BCUT2D eigenvalue weighted by molar-refractivity contribution is 0.559.